The van der Waals surface area contributed by atoms with Crippen molar-refractivity contribution in [2.75, 3.05) is 6.54 Å². The number of Topliss-reactive ketones (excluding diaryl/α,β-unsaturated/α-hetero) is 1. The molecule has 0 unspecified atom stereocenters. The van der Waals surface area contributed by atoms with Gasteiger partial charge in [-0.25, -0.2) is 4.79 Å². The van der Waals surface area contributed by atoms with Crippen molar-refractivity contribution >= 4 is 46.7 Å². The number of aromatic hydroxyl groups is 1. The molecule has 2 aliphatic heterocycles. The van der Waals surface area contributed by atoms with E-state index in [1.54, 1.807) is 39.0 Å². The minimum absolute atomic E-state index is 0.00204. The SMILES string of the molecule is CCC[C@H](NC(=O)[C@@H]1C[C@]2(CC(c3cccc(Cl)c3)=NO2)CN1C(=O)[C@@H](NC(=O)CCc1[nH]c(=O)[nH]c1O)C(C)(C)C)C(=O)C(=O)NC1CC1. The molecule has 3 heterocycles. The molecule has 15 nitrogen and oxygen atoms in total. The molecule has 2 aromatic rings. The minimum atomic E-state index is -1.13. The number of carbonyl (C=O) groups is 5. The molecule has 4 atom stereocenters. The predicted molar refractivity (Wildman–Crippen MR) is 182 cm³/mol. The fraction of sp³-hybridized carbons (Fsp3) is 0.559. The number of rotatable bonds is 13. The highest BCUT2D eigenvalue weighted by molar-refractivity contribution is 6.38. The number of amides is 4. The summed E-state index contributed by atoms with van der Waals surface area (Å²) in [6.07, 6.45) is 2.45. The molecule has 1 saturated carbocycles. The average Bonchev–Trinajstić information content (AvgIpc) is 3.49. The lowest BCUT2D eigenvalue weighted by molar-refractivity contribution is -0.145. The molecule has 1 aromatic carbocycles. The van der Waals surface area contributed by atoms with Gasteiger partial charge in [-0.2, -0.15) is 0 Å². The molecule has 5 rings (SSSR count). The molecular formula is C34H44ClN7O8. The van der Waals surface area contributed by atoms with Crippen LogP contribution in [0.25, 0.3) is 0 Å². The molecule has 1 spiro atoms. The number of hydrogen-bond donors (Lipinski definition) is 6. The van der Waals surface area contributed by atoms with E-state index in [1.165, 1.54) is 4.90 Å². The largest absolute Gasteiger partial charge is 0.493 e. The highest BCUT2D eigenvalue weighted by atomic mass is 35.5. The van der Waals surface area contributed by atoms with Gasteiger partial charge in [-0.3, -0.25) is 29.0 Å². The van der Waals surface area contributed by atoms with Gasteiger partial charge in [-0.15, -0.1) is 0 Å². The number of ketones is 1. The molecule has 1 aromatic heterocycles. The monoisotopic (exact) mass is 713 g/mol. The maximum Gasteiger partial charge on any atom is 0.325 e. The smallest absolute Gasteiger partial charge is 0.325 e. The van der Waals surface area contributed by atoms with Gasteiger partial charge in [-0.1, -0.05) is 63.0 Å². The molecule has 6 N–H and O–H groups in total. The second kappa shape index (κ2) is 14.7. The third kappa shape index (κ3) is 8.55. The van der Waals surface area contributed by atoms with E-state index in [0.29, 0.717) is 17.2 Å². The Morgan fingerprint density at radius 2 is 1.90 bits per heavy atom. The zero-order chi connectivity index (χ0) is 36.4. The Bertz CT molecular complexity index is 1740. The summed E-state index contributed by atoms with van der Waals surface area (Å²) in [6, 6.07) is 3.71. The summed E-state index contributed by atoms with van der Waals surface area (Å²) in [4.78, 5) is 91.0. The van der Waals surface area contributed by atoms with Crippen molar-refractivity contribution in [2.24, 2.45) is 10.6 Å². The third-order valence-electron chi connectivity index (χ3n) is 9.13. The fourth-order valence-corrected chi connectivity index (χ4v) is 6.49. The maximum atomic E-state index is 14.5. The zero-order valence-corrected chi connectivity index (χ0v) is 29.3. The van der Waals surface area contributed by atoms with Crippen molar-refractivity contribution in [2.45, 2.75) is 109 Å². The maximum absolute atomic E-state index is 14.5. The number of aromatic amines is 2. The normalized spacial score (nSPS) is 21.3. The number of nitrogens with one attached hydrogen (secondary N) is 5. The summed E-state index contributed by atoms with van der Waals surface area (Å²) in [7, 11) is 0. The molecule has 50 heavy (non-hydrogen) atoms. The molecule has 0 bridgehead atoms. The molecule has 1 aliphatic carbocycles. The van der Waals surface area contributed by atoms with Crippen LogP contribution < -0.4 is 21.6 Å². The molecular weight excluding hydrogens is 670 g/mol. The van der Waals surface area contributed by atoms with E-state index in [9.17, 15) is 33.9 Å². The van der Waals surface area contributed by atoms with E-state index in [-0.39, 0.29) is 56.3 Å². The zero-order valence-electron chi connectivity index (χ0n) is 28.6. The Kier molecular flexibility index (Phi) is 10.7. The van der Waals surface area contributed by atoms with E-state index < -0.39 is 64.2 Å². The van der Waals surface area contributed by atoms with Crippen LogP contribution in [0.15, 0.2) is 34.2 Å². The van der Waals surface area contributed by atoms with Crippen LogP contribution in [0.4, 0.5) is 0 Å². The van der Waals surface area contributed by atoms with Gasteiger partial charge in [0.15, 0.2) is 5.60 Å². The number of hydrogen-bond acceptors (Lipinski definition) is 9. The Morgan fingerprint density at radius 3 is 2.52 bits per heavy atom. The fourth-order valence-electron chi connectivity index (χ4n) is 6.30. The van der Waals surface area contributed by atoms with Gasteiger partial charge in [0.25, 0.3) is 5.91 Å². The van der Waals surface area contributed by atoms with Crippen molar-refractivity contribution in [3.63, 3.8) is 0 Å². The summed E-state index contributed by atoms with van der Waals surface area (Å²) >= 11 is 6.22. The Morgan fingerprint density at radius 1 is 1.16 bits per heavy atom. The Hall–Kier alpha value is -4.66. The first kappa shape index (κ1) is 36.6. The number of H-pyrrole nitrogens is 2. The highest BCUT2D eigenvalue weighted by Crippen LogP contribution is 2.40. The number of likely N-dealkylation sites (tertiary alicyclic amines) is 1. The van der Waals surface area contributed by atoms with Gasteiger partial charge < -0.3 is 35.8 Å². The first-order valence-electron chi connectivity index (χ1n) is 16.8. The molecule has 0 radical (unpaired) electrons. The van der Waals surface area contributed by atoms with Gasteiger partial charge in [0, 0.05) is 42.3 Å². The van der Waals surface area contributed by atoms with Gasteiger partial charge in [0.05, 0.1) is 24.0 Å². The van der Waals surface area contributed by atoms with Crippen LogP contribution in [0.2, 0.25) is 5.02 Å². The summed E-state index contributed by atoms with van der Waals surface area (Å²) in [5, 5.41) is 22.9. The van der Waals surface area contributed by atoms with Gasteiger partial charge in [0.1, 0.15) is 12.1 Å². The van der Waals surface area contributed by atoms with E-state index in [0.717, 1.165) is 18.4 Å². The number of imidazole rings is 1. The number of carbonyl (C=O) groups excluding carboxylic acids is 5. The van der Waals surface area contributed by atoms with Gasteiger partial charge >= 0.3 is 5.69 Å². The molecule has 3 aliphatic rings. The molecule has 2 fully saturated rings. The number of benzene rings is 1. The lowest BCUT2D eigenvalue weighted by Gasteiger charge is -2.35. The van der Waals surface area contributed by atoms with Gasteiger partial charge in [-0.05, 0) is 36.8 Å². The van der Waals surface area contributed by atoms with E-state index >= 15 is 0 Å². The number of aryl methyl sites for hydroxylation is 1. The number of aromatic nitrogens is 2. The van der Waals surface area contributed by atoms with Crippen LogP contribution in [-0.4, -0.2) is 91.4 Å². The average molecular weight is 714 g/mol. The van der Waals surface area contributed by atoms with Crippen molar-refractivity contribution < 1.29 is 33.9 Å². The van der Waals surface area contributed by atoms with Crippen LogP contribution in [0.1, 0.15) is 83.9 Å². The number of halogens is 1. The molecule has 4 amide bonds. The first-order valence-corrected chi connectivity index (χ1v) is 17.2. The number of oxime groups is 1. The molecule has 16 heteroatoms. The summed E-state index contributed by atoms with van der Waals surface area (Å²) in [6.45, 7) is 7.10. The van der Waals surface area contributed by atoms with E-state index in [2.05, 4.69) is 31.1 Å². The van der Waals surface area contributed by atoms with Crippen LogP contribution in [0, 0.1) is 5.41 Å². The lowest BCUT2D eigenvalue weighted by Crippen LogP contribution is -2.59. The van der Waals surface area contributed by atoms with Crippen LogP contribution in [0.5, 0.6) is 5.88 Å². The summed E-state index contributed by atoms with van der Waals surface area (Å²) in [5.74, 6) is -3.58. The quantitative estimate of drug-likeness (QED) is 0.168. The van der Waals surface area contributed by atoms with Crippen LogP contribution in [0.3, 0.4) is 0 Å². The minimum Gasteiger partial charge on any atom is -0.493 e. The molecule has 270 valence electrons. The van der Waals surface area contributed by atoms with Crippen molar-refractivity contribution in [3.8, 4) is 5.88 Å². The van der Waals surface area contributed by atoms with Crippen molar-refractivity contribution in [1.29, 1.82) is 0 Å². The highest BCUT2D eigenvalue weighted by Gasteiger charge is 2.55. The summed E-state index contributed by atoms with van der Waals surface area (Å²) < 4.78 is 0. The topological polar surface area (TPSA) is 215 Å². The van der Waals surface area contributed by atoms with Crippen LogP contribution in [-0.2, 0) is 35.2 Å². The predicted octanol–water partition coefficient (Wildman–Crippen LogP) is 1.82. The van der Waals surface area contributed by atoms with Gasteiger partial charge in [0.2, 0.25) is 29.4 Å². The summed E-state index contributed by atoms with van der Waals surface area (Å²) in [5.41, 5.74) is -1.07. The standard InChI is InChI=1S/C34H44ClN7O8/c1-5-7-21(26(44)30(47)36-20-10-11-20)37-29(46)24-16-34(15-23(41-50-34)18-8-6-9-19(35)14-18)17-42(24)31(48)27(33(2,3)4)39-25(43)13-12-22-28(45)40-32(49)38-22/h6,8-9,14,20-21,24,27,45H,5,7,10-13,15-17H2,1-4H3,(H,36,47)(H,37,46)(H,39,43)(H2,38,40,49)/t21-,24-,27+,34+/m0/s1. The third-order valence-corrected chi connectivity index (χ3v) is 9.37. The molecule has 1 saturated heterocycles. The van der Waals surface area contributed by atoms with E-state index in [4.69, 9.17) is 16.4 Å². The Balaban J connectivity index is 1.38. The number of nitrogens with zero attached hydrogens (tertiary/aromatic N) is 2. The van der Waals surface area contributed by atoms with Crippen LogP contribution >= 0.6 is 11.6 Å². The van der Waals surface area contributed by atoms with Crippen molar-refractivity contribution in [1.82, 2.24) is 30.8 Å². The second-order valence-electron chi connectivity index (χ2n) is 14.4. The lowest BCUT2D eigenvalue weighted by atomic mass is 9.85. The van der Waals surface area contributed by atoms with E-state index in [1.807, 2.05) is 13.0 Å². The first-order chi connectivity index (χ1) is 23.6. The van der Waals surface area contributed by atoms with Crippen molar-refractivity contribution in [3.05, 3.63) is 51.0 Å². The second-order valence-corrected chi connectivity index (χ2v) is 14.9. The Labute approximate surface area is 293 Å².